The van der Waals surface area contributed by atoms with Gasteiger partial charge >= 0.3 is 0 Å². The van der Waals surface area contributed by atoms with Crippen LogP contribution in [0.25, 0.3) is 5.57 Å². The molecule has 6 nitrogen and oxygen atoms in total. The molecule has 0 aliphatic carbocycles. The second-order valence-corrected chi connectivity index (χ2v) is 6.59. The molecule has 1 aliphatic heterocycles. The number of ether oxygens (including phenoxy) is 1. The maximum absolute atomic E-state index is 13.4. The molecule has 0 atom stereocenters. The minimum atomic E-state index is -0.498. The Morgan fingerprint density at radius 2 is 1.77 bits per heavy atom. The molecule has 152 valence electrons. The van der Waals surface area contributed by atoms with Crippen LogP contribution in [0.1, 0.15) is 18.2 Å². The number of carbonyl (C=O) groups is 2. The van der Waals surface area contributed by atoms with Crippen molar-refractivity contribution in [3.8, 4) is 5.75 Å². The Kier molecular flexibility index (Phi) is 5.34. The summed E-state index contributed by atoms with van der Waals surface area (Å²) >= 11 is 0. The van der Waals surface area contributed by atoms with Crippen molar-refractivity contribution in [1.82, 2.24) is 4.90 Å². The van der Waals surface area contributed by atoms with Crippen molar-refractivity contribution < 1.29 is 23.1 Å². The largest absolute Gasteiger partial charge is 0.492 e. The Morgan fingerprint density at radius 1 is 1.00 bits per heavy atom. The lowest BCUT2D eigenvalue weighted by Crippen LogP contribution is -2.31. The number of benzene rings is 2. The quantitative estimate of drug-likeness (QED) is 0.595. The van der Waals surface area contributed by atoms with Crippen molar-refractivity contribution in [2.45, 2.75) is 13.5 Å². The highest BCUT2D eigenvalue weighted by Gasteiger charge is 2.39. The zero-order valence-electron chi connectivity index (χ0n) is 16.2. The van der Waals surface area contributed by atoms with E-state index in [9.17, 15) is 14.0 Å². The normalized spacial score (nSPS) is 13.9. The molecule has 0 saturated heterocycles. The van der Waals surface area contributed by atoms with Gasteiger partial charge in [0.25, 0.3) is 11.8 Å². The topological polar surface area (TPSA) is 71.8 Å². The first-order chi connectivity index (χ1) is 14.6. The Balaban J connectivity index is 1.76. The summed E-state index contributed by atoms with van der Waals surface area (Å²) in [4.78, 5) is 27.5. The third-order valence-electron chi connectivity index (χ3n) is 4.64. The molecule has 2 amide bonds. The number of halogens is 1. The zero-order chi connectivity index (χ0) is 21.1. The van der Waals surface area contributed by atoms with Crippen LogP contribution in [0, 0.1) is 5.82 Å². The average molecular weight is 406 g/mol. The molecule has 1 aromatic heterocycles. The van der Waals surface area contributed by atoms with Crippen LogP contribution in [-0.4, -0.2) is 23.3 Å². The summed E-state index contributed by atoms with van der Waals surface area (Å²) in [5, 5.41) is 3.07. The van der Waals surface area contributed by atoms with Gasteiger partial charge in [-0.15, -0.1) is 0 Å². The lowest BCUT2D eigenvalue weighted by molar-refractivity contribution is -0.137. The Bertz CT molecular complexity index is 1100. The van der Waals surface area contributed by atoms with Crippen molar-refractivity contribution in [2.24, 2.45) is 0 Å². The molecule has 30 heavy (non-hydrogen) atoms. The fraction of sp³-hybridized carbons (Fsp3) is 0.130. The number of para-hydroxylation sites is 2. The smallest absolute Gasteiger partial charge is 0.278 e. The van der Waals surface area contributed by atoms with E-state index in [0.29, 0.717) is 29.4 Å². The summed E-state index contributed by atoms with van der Waals surface area (Å²) in [5.41, 5.74) is 1.26. The zero-order valence-corrected chi connectivity index (χ0v) is 16.2. The van der Waals surface area contributed by atoms with Crippen LogP contribution in [0.5, 0.6) is 5.75 Å². The number of nitrogens with zero attached hydrogens (tertiary/aromatic N) is 1. The van der Waals surface area contributed by atoms with Gasteiger partial charge in [0.05, 0.1) is 30.7 Å². The van der Waals surface area contributed by atoms with E-state index in [4.69, 9.17) is 9.15 Å². The Hall–Kier alpha value is -3.87. The highest BCUT2D eigenvalue weighted by atomic mass is 19.1. The molecule has 7 heteroatoms. The second-order valence-electron chi connectivity index (χ2n) is 6.59. The number of hydrogen-bond acceptors (Lipinski definition) is 5. The van der Waals surface area contributed by atoms with E-state index >= 15 is 0 Å². The van der Waals surface area contributed by atoms with E-state index in [-0.39, 0.29) is 17.8 Å². The highest BCUT2D eigenvalue weighted by molar-refractivity contribution is 6.36. The first-order valence-corrected chi connectivity index (χ1v) is 9.46. The molecule has 3 aromatic rings. The van der Waals surface area contributed by atoms with E-state index in [2.05, 4.69) is 5.32 Å². The van der Waals surface area contributed by atoms with Gasteiger partial charge in [0, 0.05) is 0 Å². The van der Waals surface area contributed by atoms with E-state index in [1.54, 1.807) is 30.3 Å². The molecule has 2 heterocycles. The molecule has 0 radical (unpaired) electrons. The Morgan fingerprint density at radius 3 is 2.47 bits per heavy atom. The van der Waals surface area contributed by atoms with Crippen LogP contribution in [0.2, 0.25) is 0 Å². The van der Waals surface area contributed by atoms with Crippen LogP contribution in [0.3, 0.4) is 0 Å². The molecular weight excluding hydrogens is 387 g/mol. The van der Waals surface area contributed by atoms with Crippen LogP contribution >= 0.6 is 0 Å². The summed E-state index contributed by atoms with van der Waals surface area (Å²) in [6.45, 7) is 2.29. The van der Waals surface area contributed by atoms with E-state index in [1.807, 2.05) is 13.0 Å². The van der Waals surface area contributed by atoms with Gasteiger partial charge in [0.1, 0.15) is 23.0 Å². The minimum absolute atomic E-state index is 0.00630. The Labute approximate surface area is 172 Å². The van der Waals surface area contributed by atoms with E-state index in [1.165, 1.54) is 30.5 Å². The van der Waals surface area contributed by atoms with Crippen molar-refractivity contribution in [3.63, 3.8) is 0 Å². The third-order valence-corrected chi connectivity index (χ3v) is 4.64. The van der Waals surface area contributed by atoms with Crippen molar-refractivity contribution >= 4 is 23.1 Å². The van der Waals surface area contributed by atoms with E-state index < -0.39 is 17.6 Å². The van der Waals surface area contributed by atoms with Crippen molar-refractivity contribution in [2.75, 3.05) is 11.9 Å². The number of hydrogen-bond donors (Lipinski definition) is 1. The predicted molar refractivity (Wildman–Crippen MR) is 109 cm³/mol. The number of carbonyl (C=O) groups excluding carboxylic acids is 2. The SMILES string of the molecule is CCOc1ccccc1NC1=C(c2ccc(F)cc2)C(=O)N(Cc2ccco2)C1=O. The number of furan rings is 1. The number of nitrogens with one attached hydrogen (secondary N) is 1. The van der Waals surface area contributed by atoms with Gasteiger partial charge < -0.3 is 14.5 Å². The number of rotatable bonds is 7. The number of imide groups is 1. The monoisotopic (exact) mass is 406 g/mol. The molecule has 4 rings (SSSR count). The fourth-order valence-electron chi connectivity index (χ4n) is 3.26. The fourth-order valence-corrected chi connectivity index (χ4v) is 3.26. The molecule has 1 aliphatic rings. The van der Waals surface area contributed by atoms with Crippen LogP contribution < -0.4 is 10.1 Å². The van der Waals surface area contributed by atoms with Gasteiger partial charge in [-0.1, -0.05) is 24.3 Å². The van der Waals surface area contributed by atoms with Crippen LogP contribution in [0.15, 0.2) is 77.0 Å². The summed E-state index contributed by atoms with van der Waals surface area (Å²) in [5.74, 6) is -0.386. The van der Waals surface area contributed by atoms with Gasteiger partial charge in [-0.2, -0.15) is 0 Å². The van der Waals surface area contributed by atoms with Gasteiger partial charge in [0.2, 0.25) is 0 Å². The average Bonchev–Trinajstić information content (AvgIpc) is 3.34. The molecular formula is C23H19FN2O4. The molecule has 0 spiro atoms. The molecule has 2 aromatic carbocycles. The minimum Gasteiger partial charge on any atom is -0.492 e. The number of amides is 2. The summed E-state index contributed by atoms with van der Waals surface area (Å²) in [6.07, 6.45) is 1.48. The van der Waals surface area contributed by atoms with E-state index in [0.717, 1.165) is 4.90 Å². The van der Waals surface area contributed by atoms with Gasteiger partial charge in [-0.25, -0.2) is 4.39 Å². The first kappa shape index (κ1) is 19.4. The predicted octanol–water partition coefficient (Wildman–Crippen LogP) is 4.21. The second kappa shape index (κ2) is 8.24. The molecule has 0 saturated carbocycles. The molecule has 0 bridgehead atoms. The standard InChI is InChI=1S/C23H19FN2O4/c1-2-29-19-8-4-3-7-18(19)25-21-20(15-9-11-16(24)12-10-15)22(27)26(23(21)28)14-17-6-5-13-30-17/h3-13,25H,2,14H2,1H3. The molecule has 0 unspecified atom stereocenters. The van der Waals surface area contributed by atoms with Crippen molar-refractivity contribution in [3.05, 3.63) is 89.8 Å². The lowest BCUT2D eigenvalue weighted by Gasteiger charge is -2.15. The van der Waals surface area contributed by atoms with Gasteiger partial charge in [-0.3, -0.25) is 14.5 Å². The highest BCUT2D eigenvalue weighted by Crippen LogP contribution is 2.34. The van der Waals surface area contributed by atoms with Crippen LogP contribution in [-0.2, 0) is 16.1 Å². The molecule has 0 fully saturated rings. The first-order valence-electron chi connectivity index (χ1n) is 9.46. The number of anilines is 1. The van der Waals surface area contributed by atoms with Gasteiger partial charge in [0.15, 0.2) is 0 Å². The third kappa shape index (κ3) is 3.69. The molecule has 1 N–H and O–H groups in total. The van der Waals surface area contributed by atoms with Crippen molar-refractivity contribution in [1.29, 1.82) is 0 Å². The summed E-state index contributed by atoms with van der Waals surface area (Å²) in [6, 6.07) is 16.0. The lowest BCUT2D eigenvalue weighted by atomic mass is 10.0. The van der Waals surface area contributed by atoms with Crippen LogP contribution in [0.4, 0.5) is 10.1 Å². The maximum Gasteiger partial charge on any atom is 0.278 e. The summed E-state index contributed by atoms with van der Waals surface area (Å²) < 4.78 is 24.4. The maximum atomic E-state index is 13.4. The van der Waals surface area contributed by atoms with Gasteiger partial charge in [-0.05, 0) is 48.9 Å². The summed E-state index contributed by atoms with van der Waals surface area (Å²) in [7, 11) is 0.